The highest BCUT2D eigenvalue weighted by molar-refractivity contribution is 6.30. The standard InChI is InChI=1S/C13H7ClFNO2/c1-6-2-3-9-7(4-6)11(17)8-5-10(14)16-13(15)12(8)18-9/h2-5H,1H3. The third-order valence-electron chi connectivity index (χ3n) is 2.74. The van der Waals surface area contributed by atoms with Crippen molar-refractivity contribution in [3.8, 4) is 0 Å². The fourth-order valence-electron chi connectivity index (χ4n) is 1.90. The van der Waals surface area contributed by atoms with E-state index in [9.17, 15) is 9.18 Å². The van der Waals surface area contributed by atoms with Crippen molar-refractivity contribution in [2.75, 3.05) is 0 Å². The van der Waals surface area contributed by atoms with Gasteiger partial charge in [0, 0.05) is 0 Å². The molecule has 0 unspecified atom stereocenters. The maximum absolute atomic E-state index is 13.6. The number of benzene rings is 1. The zero-order chi connectivity index (χ0) is 12.9. The molecule has 0 aliphatic heterocycles. The molecule has 18 heavy (non-hydrogen) atoms. The Morgan fingerprint density at radius 3 is 2.83 bits per heavy atom. The number of pyridine rings is 1. The average molecular weight is 264 g/mol. The van der Waals surface area contributed by atoms with Crippen LogP contribution in [0.2, 0.25) is 5.15 Å². The van der Waals surface area contributed by atoms with Crippen LogP contribution in [-0.2, 0) is 0 Å². The SMILES string of the molecule is Cc1ccc2oc3c(F)nc(Cl)cc3c(=O)c2c1. The second-order valence-corrected chi connectivity index (χ2v) is 4.43. The predicted molar refractivity (Wildman–Crippen MR) is 67.5 cm³/mol. The Kier molecular flexibility index (Phi) is 2.35. The molecule has 0 aliphatic carbocycles. The molecule has 0 aliphatic rings. The number of hydrogen-bond donors (Lipinski definition) is 0. The van der Waals surface area contributed by atoms with E-state index in [-0.39, 0.29) is 21.6 Å². The summed E-state index contributed by atoms with van der Waals surface area (Å²) in [4.78, 5) is 15.7. The third-order valence-corrected chi connectivity index (χ3v) is 2.93. The number of aromatic nitrogens is 1. The van der Waals surface area contributed by atoms with E-state index in [2.05, 4.69) is 4.98 Å². The summed E-state index contributed by atoms with van der Waals surface area (Å²) in [6.45, 7) is 1.86. The van der Waals surface area contributed by atoms with Gasteiger partial charge in [0.2, 0.25) is 5.43 Å². The van der Waals surface area contributed by atoms with Crippen LogP contribution in [0.5, 0.6) is 0 Å². The zero-order valence-corrected chi connectivity index (χ0v) is 10.1. The molecule has 0 amide bonds. The van der Waals surface area contributed by atoms with Gasteiger partial charge in [-0.3, -0.25) is 4.79 Å². The Morgan fingerprint density at radius 1 is 1.28 bits per heavy atom. The fraction of sp³-hybridized carbons (Fsp3) is 0.0769. The van der Waals surface area contributed by atoms with Crippen LogP contribution in [0.4, 0.5) is 4.39 Å². The van der Waals surface area contributed by atoms with Crippen molar-refractivity contribution in [1.29, 1.82) is 0 Å². The first-order valence-electron chi connectivity index (χ1n) is 5.25. The number of hydrogen-bond acceptors (Lipinski definition) is 3. The number of nitrogens with zero attached hydrogens (tertiary/aromatic N) is 1. The van der Waals surface area contributed by atoms with E-state index < -0.39 is 5.95 Å². The van der Waals surface area contributed by atoms with Crippen molar-refractivity contribution in [2.24, 2.45) is 0 Å². The van der Waals surface area contributed by atoms with Crippen LogP contribution in [0, 0.1) is 12.9 Å². The largest absolute Gasteiger partial charge is 0.451 e. The Hall–Kier alpha value is -1.94. The molecule has 3 aromatic rings. The molecule has 5 heteroatoms. The van der Waals surface area contributed by atoms with Gasteiger partial charge in [0.25, 0.3) is 5.95 Å². The number of halogens is 2. The van der Waals surface area contributed by atoms with Crippen LogP contribution in [0.1, 0.15) is 5.56 Å². The molecule has 0 spiro atoms. The summed E-state index contributed by atoms with van der Waals surface area (Å²) in [6.07, 6.45) is 0. The van der Waals surface area contributed by atoms with Crippen LogP contribution in [0.15, 0.2) is 33.5 Å². The number of aryl methyl sites for hydroxylation is 1. The normalized spacial score (nSPS) is 11.3. The summed E-state index contributed by atoms with van der Waals surface area (Å²) in [5.74, 6) is -0.878. The van der Waals surface area contributed by atoms with Gasteiger partial charge in [0.05, 0.1) is 10.8 Å². The van der Waals surface area contributed by atoms with Gasteiger partial charge < -0.3 is 4.42 Å². The first-order chi connectivity index (χ1) is 8.56. The minimum Gasteiger partial charge on any atom is -0.451 e. The van der Waals surface area contributed by atoms with Crippen LogP contribution < -0.4 is 5.43 Å². The first-order valence-corrected chi connectivity index (χ1v) is 5.63. The van der Waals surface area contributed by atoms with E-state index in [1.54, 1.807) is 18.2 Å². The third kappa shape index (κ3) is 1.57. The van der Waals surface area contributed by atoms with Crippen LogP contribution >= 0.6 is 11.6 Å². The summed E-state index contributed by atoms with van der Waals surface area (Å²) in [5.41, 5.74) is 0.787. The minimum absolute atomic E-state index is 0.0701. The molecule has 0 N–H and O–H groups in total. The van der Waals surface area contributed by atoms with Gasteiger partial charge in [-0.15, -0.1) is 0 Å². The lowest BCUT2D eigenvalue weighted by Gasteiger charge is -2.03. The van der Waals surface area contributed by atoms with Gasteiger partial charge >= 0.3 is 0 Å². The fourth-order valence-corrected chi connectivity index (χ4v) is 2.09. The molecule has 1 aromatic carbocycles. The van der Waals surface area contributed by atoms with Crippen LogP contribution in [0.3, 0.4) is 0 Å². The summed E-state index contributed by atoms with van der Waals surface area (Å²) >= 11 is 5.65. The quantitative estimate of drug-likeness (QED) is 0.461. The van der Waals surface area contributed by atoms with Crippen molar-refractivity contribution in [3.63, 3.8) is 0 Å². The van der Waals surface area contributed by atoms with Crippen molar-refractivity contribution in [2.45, 2.75) is 6.92 Å². The molecule has 3 nitrogen and oxygen atoms in total. The van der Waals surface area contributed by atoms with E-state index in [0.29, 0.717) is 11.0 Å². The maximum atomic E-state index is 13.6. The second-order valence-electron chi connectivity index (χ2n) is 4.04. The Bertz CT molecular complexity index is 842. The van der Waals surface area contributed by atoms with Crippen molar-refractivity contribution < 1.29 is 8.81 Å². The molecule has 0 saturated carbocycles. The Balaban J connectivity index is 2.61. The molecule has 2 aromatic heterocycles. The number of rotatable bonds is 0. The highest BCUT2D eigenvalue weighted by Crippen LogP contribution is 2.22. The maximum Gasteiger partial charge on any atom is 0.258 e. The van der Waals surface area contributed by atoms with Crippen LogP contribution in [-0.4, -0.2) is 4.98 Å². The lowest BCUT2D eigenvalue weighted by molar-refractivity contribution is 0.549. The summed E-state index contributed by atoms with van der Waals surface area (Å²) in [7, 11) is 0. The monoisotopic (exact) mass is 263 g/mol. The highest BCUT2D eigenvalue weighted by Gasteiger charge is 2.13. The lowest BCUT2D eigenvalue weighted by Crippen LogP contribution is -2.04. The number of fused-ring (bicyclic) bond motifs is 2. The molecule has 0 radical (unpaired) electrons. The molecule has 2 heterocycles. The predicted octanol–water partition coefficient (Wildman–Crippen LogP) is 3.44. The van der Waals surface area contributed by atoms with Gasteiger partial charge in [0.15, 0.2) is 5.58 Å². The smallest absolute Gasteiger partial charge is 0.258 e. The van der Waals surface area contributed by atoms with E-state index >= 15 is 0 Å². The highest BCUT2D eigenvalue weighted by atomic mass is 35.5. The minimum atomic E-state index is -0.878. The molecular weight excluding hydrogens is 257 g/mol. The second kappa shape index (κ2) is 3.78. The van der Waals surface area contributed by atoms with E-state index in [4.69, 9.17) is 16.0 Å². The molecule has 0 atom stereocenters. The van der Waals surface area contributed by atoms with Crippen molar-refractivity contribution in [3.05, 3.63) is 51.2 Å². The zero-order valence-electron chi connectivity index (χ0n) is 9.33. The van der Waals surface area contributed by atoms with Crippen LogP contribution in [0.25, 0.3) is 21.9 Å². The van der Waals surface area contributed by atoms with E-state index in [1.165, 1.54) is 6.07 Å². The van der Waals surface area contributed by atoms with Crippen molar-refractivity contribution in [1.82, 2.24) is 4.98 Å². The molecule has 90 valence electrons. The average Bonchev–Trinajstić information content (AvgIpc) is 2.32. The van der Waals surface area contributed by atoms with Gasteiger partial charge in [-0.05, 0) is 25.1 Å². The molecule has 0 bridgehead atoms. The summed E-state index contributed by atoms with van der Waals surface area (Å²) < 4.78 is 19.0. The molecule has 0 fully saturated rings. The van der Waals surface area contributed by atoms with E-state index in [0.717, 1.165) is 5.56 Å². The Morgan fingerprint density at radius 2 is 2.06 bits per heavy atom. The van der Waals surface area contributed by atoms with Crippen molar-refractivity contribution >= 4 is 33.5 Å². The topological polar surface area (TPSA) is 43.1 Å². The summed E-state index contributed by atoms with van der Waals surface area (Å²) in [5, 5.41) is 0.439. The van der Waals surface area contributed by atoms with E-state index in [1.807, 2.05) is 6.92 Å². The van der Waals surface area contributed by atoms with Gasteiger partial charge in [-0.25, -0.2) is 4.98 Å². The van der Waals surface area contributed by atoms with Gasteiger partial charge in [0.1, 0.15) is 10.7 Å². The lowest BCUT2D eigenvalue weighted by atomic mass is 10.1. The molecular formula is C13H7ClFNO2. The summed E-state index contributed by atoms with van der Waals surface area (Å²) in [6, 6.07) is 6.44. The molecule has 0 saturated heterocycles. The first kappa shape index (κ1) is 11.2. The van der Waals surface area contributed by atoms with Gasteiger partial charge in [-0.2, -0.15) is 4.39 Å². The molecule has 3 rings (SSSR count). The Labute approximate surface area is 106 Å². The van der Waals surface area contributed by atoms with Gasteiger partial charge in [-0.1, -0.05) is 23.2 Å².